The summed E-state index contributed by atoms with van der Waals surface area (Å²) >= 11 is 19.3. The Labute approximate surface area is 188 Å². The molecule has 2 amide bonds. The van der Waals surface area contributed by atoms with E-state index < -0.39 is 21.1 Å². The molecule has 156 valence electrons. The van der Waals surface area contributed by atoms with E-state index in [0.717, 1.165) is 16.7 Å². The van der Waals surface area contributed by atoms with E-state index in [2.05, 4.69) is 6.58 Å². The minimum atomic E-state index is -1.87. The third-order valence-corrected chi connectivity index (χ3v) is 5.78. The fourth-order valence-corrected chi connectivity index (χ4v) is 4.60. The molecule has 0 aromatic heterocycles. The first kappa shape index (κ1) is 22.5. The number of thioether (sulfide) groups is 1. The van der Waals surface area contributed by atoms with E-state index >= 15 is 0 Å². The van der Waals surface area contributed by atoms with Crippen molar-refractivity contribution in [1.82, 2.24) is 9.80 Å². The van der Waals surface area contributed by atoms with E-state index in [4.69, 9.17) is 44.3 Å². The normalized spacial score (nSPS) is 20.9. The monoisotopic (exact) mass is 476 g/mol. The molecule has 1 atom stereocenters. The topological polar surface area (TPSA) is 59.1 Å². The number of carbonyl (C=O) groups excluding carboxylic acids is 2. The van der Waals surface area contributed by atoms with Crippen LogP contribution in [-0.2, 0) is 9.53 Å². The zero-order valence-electron chi connectivity index (χ0n) is 15.4. The quantitative estimate of drug-likeness (QED) is 0.346. The Balaban J connectivity index is 1.90. The lowest BCUT2D eigenvalue weighted by Gasteiger charge is -2.41. The molecule has 0 N–H and O–H groups in total. The third kappa shape index (κ3) is 5.29. The number of morpholine rings is 1. The number of hydrogen-bond donors (Lipinski definition) is 0. The Hall–Kier alpha value is -1.22. The molecule has 0 saturated carbocycles. The number of amides is 2. The van der Waals surface area contributed by atoms with E-state index in [-0.39, 0.29) is 4.91 Å². The molecule has 0 aliphatic carbocycles. The summed E-state index contributed by atoms with van der Waals surface area (Å²) in [5.74, 6) is 0.0617. The number of imide groups is 1. The standard InChI is InChI=1S/C19H19Cl3N2O4S/c1-2-9-28-14-6-4-3-5-13(14)12-15-16(25)24(18(26)29-15)17(19(20,21)22)23-7-10-27-11-8-23/h2-6,12,17H,1,7-11H2. The van der Waals surface area contributed by atoms with Crippen molar-refractivity contribution in [2.75, 3.05) is 32.9 Å². The van der Waals surface area contributed by atoms with Crippen LogP contribution >= 0.6 is 46.6 Å². The molecule has 2 saturated heterocycles. The fraction of sp³-hybridized carbons (Fsp3) is 0.368. The number of benzene rings is 1. The van der Waals surface area contributed by atoms with Gasteiger partial charge >= 0.3 is 0 Å². The first-order chi connectivity index (χ1) is 13.8. The highest BCUT2D eigenvalue weighted by molar-refractivity contribution is 8.18. The highest BCUT2D eigenvalue weighted by Crippen LogP contribution is 2.42. The Morgan fingerprint density at radius 1 is 1.24 bits per heavy atom. The summed E-state index contributed by atoms with van der Waals surface area (Å²) in [5, 5.41) is -0.492. The zero-order valence-corrected chi connectivity index (χ0v) is 18.4. The van der Waals surface area contributed by atoms with Gasteiger partial charge in [0.1, 0.15) is 18.5 Å². The van der Waals surface area contributed by atoms with E-state index in [1.807, 2.05) is 12.1 Å². The van der Waals surface area contributed by atoms with Crippen molar-refractivity contribution >= 4 is 63.8 Å². The van der Waals surface area contributed by atoms with Crippen LogP contribution < -0.4 is 4.74 Å². The SMILES string of the molecule is C=CCOc1ccccc1C=C1SC(=O)N(C(N2CCOCC2)C(Cl)(Cl)Cl)C1=O. The van der Waals surface area contributed by atoms with E-state index in [1.54, 1.807) is 29.2 Å². The van der Waals surface area contributed by atoms with Crippen LogP contribution in [0.4, 0.5) is 4.79 Å². The van der Waals surface area contributed by atoms with E-state index in [1.165, 1.54) is 0 Å². The van der Waals surface area contributed by atoms with Crippen LogP contribution in [0.5, 0.6) is 5.75 Å². The number of ether oxygens (including phenoxy) is 2. The van der Waals surface area contributed by atoms with Gasteiger partial charge < -0.3 is 9.47 Å². The predicted octanol–water partition coefficient (Wildman–Crippen LogP) is 4.32. The molecule has 29 heavy (non-hydrogen) atoms. The van der Waals surface area contributed by atoms with Gasteiger partial charge in [-0.15, -0.1) is 0 Å². The second-order valence-electron chi connectivity index (χ2n) is 6.25. The van der Waals surface area contributed by atoms with Crippen LogP contribution in [0.25, 0.3) is 6.08 Å². The molecule has 1 unspecified atom stereocenters. The van der Waals surface area contributed by atoms with Crippen molar-refractivity contribution in [1.29, 1.82) is 0 Å². The third-order valence-electron chi connectivity index (χ3n) is 4.31. The maximum absolute atomic E-state index is 13.1. The number of alkyl halides is 3. The maximum Gasteiger partial charge on any atom is 0.295 e. The number of hydrogen-bond acceptors (Lipinski definition) is 6. The van der Waals surface area contributed by atoms with Gasteiger partial charge in [-0.1, -0.05) is 65.7 Å². The van der Waals surface area contributed by atoms with Crippen molar-refractivity contribution in [3.63, 3.8) is 0 Å². The van der Waals surface area contributed by atoms with Gasteiger partial charge in [0.2, 0.25) is 3.79 Å². The van der Waals surface area contributed by atoms with Crippen LogP contribution in [-0.4, -0.2) is 63.8 Å². The van der Waals surface area contributed by atoms with Crippen LogP contribution in [0, 0.1) is 0 Å². The second-order valence-corrected chi connectivity index (χ2v) is 9.61. The molecule has 2 aliphatic rings. The number of halogens is 3. The van der Waals surface area contributed by atoms with Gasteiger partial charge in [0.15, 0.2) is 0 Å². The molecule has 1 aromatic carbocycles. The predicted molar refractivity (Wildman–Crippen MR) is 116 cm³/mol. The van der Waals surface area contributed by atoms with Crippen molar-refractivity contribution < 1.29 is 19.1 Å². The Bertz CT molecular complexity index is 822. The minimum Gasteiger partial charge on any atom is -0.489 e. The zero-order chi connectivity index (χ0) is 21.0. The smallest absolute Gasteiger partial charge is 0.295 e. The average Bonchev–Trinajstić information content (AvgIpc) is 2.95. The number of nitrogens with zero attached hydrogens (tertiary/aromatic N) is 2. The van der Waals surface area contributed by atoms with Crippen molar-refractivity contribution in [3.05, 3.63) is 47.4 Å². The number of carbonyl (C=O) groups is 2. The van der Waals surface area contributed by atoms with Crippen LogP contribution in [0.15, 0.2) is 41.8 Å². The minimum absolute atomic E-state index is 0.233. The van der Waals surface area contributed by atoms with Crippen LogP contribution in [0.3, 0.4) is 0 Å². The summed E-state index contributed by atoms with van der Waals surface area (Å²) in [5.41, 5.74) is 0.664. The van der Waals surface area contributed by atoms with Crippen molar-refractivity contribution in [2.45, 2.75) is 9.96 Å². The molecule has 6 nitrogen and oxygen atoms in total. The molecule has 3 rings (SSSR count). The highest BCUT2D eigenvalue weighted by atomic mass is 35.6. The Morgan fingerprint density at radius 3 is 2.59 bits per heavy atom. The number of rotatable bonds is 6. The van der Waals surface area contributed by atoms with Crippen molar-refractivity contribution in [3.8, 4) is 5.75 Å². The summed E-state index contributed by atoms with van der Waals surface area (Å²) in [7, 11) is 0. The second kappa shape index (κ2) is 9.73. The van der Waals surface area contributed by atoms with Crippen molar-refractivity contribution in [2.24, 2.45) is 0 Å². The molecule has 0 spiro atoms. The van der Waals surface area contributed by atoms with E-state index in [0.29, 0.717) is 44.2 Å². The van der Waals surface area contributed by atoms with Gasteiger partial charge in [0.05, 0.1) is 18.1 Å². The molecule has 10 heteroatoms. The first-order valence-electron chi connectivity index (χ1n) is 8.81. The van der Waals surface area contributed by atoms with Crippen LogP contribution in [0.1, 0.15) is 5.56 Å². The summed E-state index contributed by atoms with van der Waals surface area (Å²) in [6, 6.07) is 7.20. The van der Waals surface area contributed by atoms with Gasteiger partial charge in [-0.25, -0.2) is 4.90 Å². The molecule has 1 aromatic rings. The summed E-state index contributed by atoms with van der Waals surface area (Å²) in [4.78, 5) is 28.8. The van der Waals surface area contributed by atoms with Gasteiger partial charge in [0.25, 0.3) is 11.1 Å². The van der Waals surface area contributed by atoms with Gasteiger partial charge in [0, 0.05) is 18.7 Å². The maximum atomic E-state index is 13.1. The lowest BCUT2D eigenvalue weighted by Crippen LogP contribution is -2.59. The van der Waals surface area contributed by atoms with Gasteiger partial charge in [-0.3, -0.25) is 14.5 Å². The molecular weight excluding hydrogens is 459 g/mol. The first-order valence-corrected chi connectivity index (χ1v) is 10.8. The number of para-hydroxylation sites is 1. The lowest BCUT2D eigenvalue weighted by molar-refractivity contribution is -0.128. The lowest BCUT2D eigenvalue weighted by atomic mass is 10.2. The summed E-state index contributed by atoms with van der Waals surface area (Å²) in [6.45, 7) is 5.68. The fourth-order valence-electron chi connectivity index (χ4n) is 3.05. The molecule has 2 heterocycles. The summed E-state index contributed by atoms with van der Waals surface area (Å²) in [6.07, 6.45) is 2.21. The molecule has 2 fully saturated rings. The van der Waals surface area contributed by atoms with E-state index in [9.17, 15) is 9.59 Å². The Morgan fingerprint density at radius 2 is 1.93 bits per heavy atom. The van der Waals surface area contributed by atoms with Gasteiger partial charge in [-0.2, -0.15) is 0 Å². The van der Waals surface area contributed by atoms with Crippen LogP contribution in [0.2, 0.25) is 0 Å². The summed E-state index contributed by atoms with van der Waals surface area (Å²) < 4.78 is 9.07. The Kier molecular flexibility index (Phi) is 7.53. The largest absolute Gasteiger partial charge is 0.489 e. The van der Waals surface area contributed by atoms with Gasteiger partial charge in [-0.05, 0) is 23.9 Å². The highest BCUT2D eigenvalue weighted by Gasteiger charge is 2.50. The molecule has 2 aliphatic heterocycles. The average molecular weight is 478 g/mol. The molecule has 0 bridgehead atoms. The molecule has 0 radical (unpaired) electrons. The molecular formula is C19H19Cl3N2O4S.